The van der Waals surface area contributed by atoms with Crippen molar-refractivity contribution in [3.63, 3.8) is 0 Å². The quantitative estimate of drug-likeness (QED) is 0.360. The number of pyridine rings is 1. The van der Waals surface area contributed by atoms with Crippen molar-refractivity contribution >= 4 is 39.9 Å². The van der Waals surface area contributed by atoms with Gasteiger partial charge in [0.2, 0.25) is 5.71 Å². The molecule has 0 radical (unpaired) electrons. The Balaban J connectivity index is 1.66. The standard InChI is InChI=1S/C27H25N3O/c1-5-11-22-23-17-16-18(2)28-27(23)31-26(22)19(3)29-20(4)30(21-12-7-6-8-13-21)25-15-10-9-14-24(25)29/h5-17,20H,3H2,1-2,4H3/b11-5-/t20-/m1/s1. The van der Waals surface area contributed by atoms with Gasteiger partial charge in [0.1, 0.15) is 6.17 Å². The van der Waals surface area contributed by atoms with Crippen LogP contribution in [0.1, 0.15) is 30.9 Å². The summed E-state index contributed by atoms with van der Waals surface area (Å²) in [6.07, 6.45) is 4.14. The third-order valence-corrected chi connectivity index (χ3v) is 5.80. The Labute approximate surface area is 182 Å². The lowest BCUT2D eigenvalue weighted by Gasteiger charge is -2.30. The summed E-state index contributed by atoms with van der Waals surface area (Å²) in [6.45, 7) is 10.7. The Hall–Kier alpha value is -3.79. The molecule has 3 heterocycles. The van der Waals surface area contributed by atoms with E-state index in [0.717, 1.165) is 45.2 Å². The average Bonchev–Trinajstić information content (AvgIpc) is 3.28. The summed E-state index contributed by atoms with van der Waals surface area (Å²) >= 11 is 0. The number of aryl methyl sites for hydroxylation is 1. The van der Waals surface area contributed by atoms with Gasteiger partial charge >= 0.3 is 0 Å². The van der Waals surface area contributed by atoms with Crippen molar-refractivity contribution in [3.05, 3.63) is 96.4 Å². The van der Waals surface area contributed by atoms with Gasteiger partial charge in [0.15, 0.2) is 5.76 Å². The van der Waals surface area contributed by atoms with Crippen molar-refractivity contribution in [2.75, 3.05) is 9.80 Å². The number of allylic oxidation sites excluding steroid dienone is 1. The highest BCUT2D eigenvalue weighted by atomic mass is 16.3. The predicted molar refractivity (Wildman–Crippen MR) is 129 cm³/mol. The molecule has 0 unspecified atom stereocenters. The van der Waals surface area contributed by atoms with Crippen LogP contribution in [0.25, 0.3) is 22.9 Å². The summed E-state index contributed by atoms with van der Waals surface area (Å²) in [5, 5.41) is 1.000. The molecule has 0 fully saturated rings. The van der Waals surface area contributed by atoms with Crippen LogP contribution in [0.4, 0.5) is 17.1 Å². The number of fused-ring (bicyclic) bond motifs is 2. The summed E-state index contributed by atoms with van der Waals surface area (Å²) < 4.78 is 6.29. The van der Waals surface area contributed by atoms with Gasteiger partial charge in [-0.05, 0) is 57.2 Å². The van der Waals surface area contributed by atoms with Crippen LogP contribution in [-0.2, 0) is 0 Å². The maximum absolute atomic E-state index is 6.29. The SMILES string of the molecule is C=C(c1oc2nc(C)ccc2c1/C=C\C)N1c2ccccc2N(c2ccccc2)[C@@H]1C. The van der Waals surface area contributed by atoms with Gasteiger partial charge in [-0.25, -0.2) is 4.98 Å². The first-order valence-corrected chi connectivity index (χ1v) is 10.5. The molecular weight excluding hydrogens is 382 g/mol. The van der Waals surface area contributed by atoms with Crippen LogP contribution < -0.4 is 9.80 Å². The Bertz CT molecular complexity index is 1300. The van der Waals surface area contributed by atoms with Crippen LogP contribution in [0.5, 0.6) is 0 Å². The van der Waals surface area contributed by atoms with E-state index in [4.69, 9.17) is 4.42 Å². The minimum absolute atomic E-state index is 0.0358. The molecule has 0 N–H and O–H groups in total. The van der Waals surface area contributed by atoms with Gasteiger partial charge in [0.25, 0.3) is 0 Å². The molecule has 0 bridgehead atoms. The number of anilines is 3. The van der Waals surface area contributed by atoms with E-state index < -0.39 is 0 Å². The Morgan fingerprint density at radius 2 is 1.71 bits per heavy atom. The largest absolute Gasteiger partial charge is 0.436 e. The number of aromatic nitrogens is 1. The first-order valence-electron chi connectivity index (χ1n) is 10.5. The predicted octanol–water partition coefficient (Wildman–Crippen LogP) is 7.14. The molecule has 0 aliphatic carbocycles. The van der Waals surface area contributed by atoms with E-state index in [9.17, 15) is 0 Å². The number of hydrogen-bond acceptors (Lipinski definition) is 4. The van der Waals surface area contributed by atoms with Gasteiger partial charge in [0.05, 0.1) is 17.1 Å². The molecule has 5 rings (SSSR count). The van der Waals surface area contributed by atoms with E-state index in [1.165, 1.54) is 0 Å². The highest BCUT2D eigenvalue weighted by Gasteiger charge is 2.36. The van der Waals surface area contributed by atoms with Gasteiger partial charge in [-0.2, -0.15) is 0 Å². The zero-order chi connectivity index (χ0) is 21.5. The fraction of sp³-hybridized carbons (Fsp3) is 0.148. The molecule has 0 amide bonds. The number of nitrogens with zero attached hydrogens (tertiary/aromatic N) is 3. The fourth-order valence-corrected chi connectivity index (χ4v) is 4.45. The minimum atomic E-state index is 0.0358. The van der Waals surface area contributed by atoms with Crippen LogP contribution in [0.3, 0.4) is 0 Å². The van der Waals surface area contributed by atoms with Crippen LogP contribution in [0, 0.1) is 6.92 Å². The third kappa shape index (κ3) is 3.03. The molecule has 0 spiro atoms. The van der Waals surface area contributed by atoms with Crippen molar-refractivity contribution in [3.8, 4) is 0 Å². The van der Waals surface area contributed by atoms with Crippen molar-refractivity contribution in [2.45, 2.75) is 26.9 Å². The van der Waals surface area contributed by atoms with E-state index in [-0.39, 0.29) is 6.17 Å². The first-order chi connectivity index (χ1) is 15.1. The summed E-state index contributed by atoms with van der Waals surface area (Å²) in [6, 6.07) is 23.0. The highest BCUT2D eigenvalue weighted by Crippen LogP contribution is 2.47. The zero-order valence-corrected chi connectivity index (χ0v) is 18.0. The molecule has 4 aromatic rings. The number of furan rings is 1. The summed E-state index contributed by atoms with van der Waals surface area (Å²) in [5.41, 5.74) is 6.82. The van der Waals surface area contributed by atoms with Crippen LogP contribution >= 0.6 is 0 Å². The molecule has 0 saturated carbocycles. The van der Waals surface area contributed by atoms with Crippen LogP contribution in [-0.4, -0.2) is 11.1 Å². The fourth-order valence-electron chi connectivity index (χ4n) is 4.45. The molecule has 0 saturated heterocycles. The Morgan fingerprint density at radius 1 is 1.00 bits per heavy atom. The van der Waals surface area contributed by atoms with Gasteiger partial charge in [-0.1, -0.05) is 49.1 Å². The number of rotatable bonds is 4. The molecule has 4 nitrogen and oxygen atoms in total. The van der Waals surface area contributed by atoms with E-state index in [1.807, 2.05) is 32.1 Å². The number of benzene rings is 2. The van der Waals surface area contributed by atoms with Crippen LogP contribution in [0.2, 0.25) is 0 Å². The van der Waals surface area contributed by atoms with E-state index >= 15 is 0 Å². The number of para-hydroxylation sites is 3. The summed E-state index contributed by atoms with van der Waals surface area (Å²) in [5.74, 6) is 0.753. The molecule has 1 atom stereocenters. The monoisotopic (exact) mass is 407 g/mol. The molecule has 2 aromatic heterocycles. The van der Waals surface area contributed by atoms with Gasteiger partial charge < -0.3 is 14.2 Å². The van der Waals surface area contributed by atoms with Crippen molar-refractivity contribution in [1.82, 2.24) is 4.98 Å². The number of hydrogen-bond donors (Lipinski definition) is 0. The van der Waals surface area contributed by atoms with Gasteiger partial charge in [-0.15, -0.1) is 0 Å². The highest BCUT2D eigenvalue weighted by molar-refractivity contribution is 5.97. The minimum Gasteiger partial charge on any atom is -0.436 e. The lowest BCUT2D eigenvalue weighted by molar-refractivity contribution is 0.580. The zero-order valence-electron chi connectivity index (χ0n) is 18.0. The molecule has 31 heavy (non-hydrogen) atoms. The lowest BCUT2D eigenvalue weighted by Crippen LogP contribution is -2.37. The average molecular weight is 408 g/mol. The Kier molecular flexibility index (Phi) is 4.63. The second-order valence-electron chi connectivity index (χ2n) is 7.79. The third-order valence-electron chi connectivity index (χ3n) is 5.80. The van der Waals surface area contributed by atoms with Gasteiger partial charge in [0, 0.05) is 22.3 Å². The molecule has 1 aliphatic heterocycles. The van der Waals surface area contributed by atoms with Gasteiger partial charge in [-0.3, -0.25) is 0 Å². The maximum Gasteiger partial charge on any atom is 0.227 e. The van der Waals surface area contributed by atoms with Crippen molar-refractivity contribution in [2.24, 2.45) is 0 Å². The molecular formula is C27H25N3O. The maximum atomic E-state index is 6.29. The molecule has 1 aliphatic rings. The topological polar surface area (TPSA) is 32.5 Å². The van der Waals surface area contributed by atoms with E-state index in [2.05, 4.69) is 89.0 Å². The lowest BCUT2D eigenvalue weighted by atomic mass is 10.1. The normalized spacial score (nSPS) is 15.8. The Morgan fingerprint density at radius 3 is 2.45 bits per heavy atom. The van der Waals surface area contributed by atoms with Crippen molar-refractivity contribution < 1.29 is 4.42 Å². The van der Waals surface area contributed by atoms with E-state index in [0.29, 0.717) is 5.71 Å². The van der Waals surface area contributed by atoms with Crippen molar-refractivity contribution in [1.29, 1.82) is 0 Å². The molecule has 154 valence electrons. The second kappa shape index (κ2) is 7.47. The second-order valence-corrected chi connectivity index (χ2v) is 7.79. The first kappa shape index (κ1) is 19.2. The van der Waals surface area contributed by atoms with E-state index in [1.54, 1.807) is 0 Å². The molecule has 4 heteroatoms. The molecule has 2 aromatic carbocycles. The smallest absolute Gasteiger partial charge is 0.227 e. The summed E-state index contributed by atoms with van der Waals surface area (Å²) in [4.78, 5) is 9.19. The summed E-state index contributed by atoms with van der Waals surface area (Å²) in [7, 11) is 0. The van der Waals surface area contributed by atoms with Crippen LogP contribution in [0.15, 0.2) is 83.8 Å².